The van der Waals surface area contributed by atoms with Gasteiger partial charge < -0.3 is 5.73 Å². The first-order chi connectivity index (χ1) is 9.92. The molecule has 118 valence electrons. The lowest BCUT2D eigenvalue weighted by Gasteiger charge is -2.07. The molecule has 1 heterocycles. The van der Waals surface area contributed by atoms with Crippen LogP contribution in [-0.2, 0) is 10.0 Å². The van der Waals surface area contributed by atoms with Crippen molar-refractivity contribution in [3.05, 3.63) is 48.2 Å². The number of nitrogens with zero attached hydrogens (tertiary/aromatic N) is 1. The van der Waals surface area contributed by atoms with Gasteiger partial charge in [0, 0.05) is 29.4 Å². The van der Waals surface area contributed by atoms with Gasteiger partial charge in [-0.2, -0.15) is 0 Å². The number of rotatable bonds is 4. The summed E-state index contributed by atoms with van der Waals surface area (Å²) in [4.78, 5) is 4.45. The standard InChI is InChI=1S/C15H17N3O2S.ClH/c1-21(19,20)18-12-4-2-3-10(7-12)15-6-5-11(9-17-15)13-8-14(13)16;/h2-7,9,13-14,18H,8,16H2,1H3;1H/t13-,14+;/m0./s1. The van der Waals surface area contributed by atoms with Crippen LogP contribution in [0, 0.1) is 0 Å². The molecule has 0 saturated heterocycles. The molecule has 1 fully saturated rings. The zero-order valence-electron chi connectivity index (χ0n) is 12.1. The smallest absolute Gasteiger partial charge is 0.229 e. The number of hydrogen-bond donors (Lipinski definition) is 2. The molecule has 1 aromatic carbocycles. The topological polar surface area (TPSA) is 85.1 Å². The van der Waals surface area contributed by atoms with Gasteiger partial charge >= 0.3 is 0 Å². The number of nitrogens with one attached hydrogen (secondary N) is 1. The van der Waals surface area contributed by atoms with Crippen LogP contribution in [0.2, 0.25) is 0 Å². The molecule has 0 aliphatic heterocycles. The quantitative estimate of drug-likeness (QED) is 0.895. The van der Waals surface area contributed by atoms with Gasteiger partial charge in [0.15, 0.2) is 0 Å². The van der Waals surface area contributed by atoms with E-state index in [4.69, 9.17) is 5.73 Å². The van der Waals surface area contributed by atoms with Gasteiger partial charge in [-0.25, -0.2) is 8.42 Å². The van der Waals surface area contributed by atoms with E-state index in [2.05, 4.69) is 9.71 Å². The van der Waals surface area contributed by atoms with Crippen LogP contribution in [0.15, 0.2) is 42.6 Å². The predicted octanol–water partition coefficient (Wildman–Crippen LogP) is 2.36. The molecule has 1 aliphatic carbocycles. The fourth-order valence-corrected chi connectivity index (χ4v) is 2.90. The fraction of sp³-hybridized carbons (Fsp3) is 0.267. The van der Waals surface area contributed by atoms with E-state index in [1.165, 1.54) is 0 Å². The van der Waals surface area contributed by atoms with Gasteiger partial charge in [-0.15, -0.1) is 12.4 Å². The summed E-state index contributed by atoms with van der Waals surface area (Å²) in [5.41, 5.74) is 9.21. The number of anilines is 1. The normalized spacial score (nSPS) is 20.1. The fourth-order valence-electron chi connectivity index (χ4n) is 2.35. The predicted molar refractivity (Wildman–Crippen MR) is 90.7 cm³/mol. The number of pyridine rings is 1. The molecular weight excluding hydrogens is 322 g/mol. The average Bonchev–Trinajstić information content (AvgIpc) is 3.14. The maximum absolute atomic E-state index is 11.3. The Kier molecular flexibility index (Phi) is 4.75. The number of hydrogen-bond acceptors (Lipinski definition) is 4. The number of nitrogens with two attached hydrogens (primary N) is 1. The van der Waals surface area contributed by atoms with Crippen LogP contribution < -0.4 is 10.5 Å². The Morgan fingerprint density at radius 3 is 2.55 bits per heavy atom. The van der Waals surface area contributed by atoms with Crippen molar-refractivity contribution in [1.29, 1.82) is 0 Å². The third-order valence-corrected chi connectivity index (χ3v) is 4.12. The first-order valence-corrected chi connectivity index (χ1v) is 8.61. The summed E-state index contributed by atoms with van der Waals surface area (Å²) in [6.45, 7) is 0. The first-order valence-electron chi connectivity index (χ1n) is 6.72. The van der Waals surface area contributed by atoms with Gasteiger partial charge in [-0.3, -0.25) is 9.71 Å². The van der Waals surface area contributed by atoms with E-state index >= 15 is 0 Å². The van der Waals surface area contributed by atoms with Crippen molar-refractivity contribution < 1.29 is 8.42 Å². The molecule has 22 heavy (non-hydrogen) atoms. The van der Waals surface area contributed by atoms with Crippen molar-refractivity contribution in [2.75, 3.05) is 11.0 Å². The third kappa shape index (κ3) is 3.97. The van der Waals surface area contributed by atoms with E-state index in [1.54, 1.807) is 18.2 Å². The van der Waals surface area contributed by atoms with E-state index in [9.17, 15) is 8.42 Å². The molecule has 3 rings (SSSR count). The Hall–Kier alpha value is -1.63. The highest BCUT2D eigenvalue weighted by molar-refractivity contribution is 7.92. The van der Waals surface area contributed by atoms with Crippen molar-refractivity contribution in [2.45, 2.75) is 18.4 Å². The molecule has 0 unspecified atom stereocenters. The van der Waals surface area contributed by atoms with Crippen LogP contribution >= 0.6 is 12.4 Å². The van der Waals surface area contributed by atoms with Crippen molar-refractivity contribution in [3.8, 4) is 11.3 Å². The van der Waals surface area contributed by atoms with Gasteiger partial charge in [0.05, 0.1) is 11.9 Å². The minimum atomic E-state index is -3.28. The molecule has 2 aromatic rings. The Balaban J connectivity index is 0.00000176. The molecule has 3 N–H and O–H groups in total. The van der Waals surface area contributed by atoms with Gasteiger partial charge in [-0.05, 0) is 30.2 Å². The molecule has 1 aromatic heterocycles. The van der Waals surface area contributed by atoms with Crippen LogP contribution in [0.5, 0.6) is 0 Å². The SMILES string of the molecule is CS(=O)(=O)Nc1cccc(-c2ccc([C@@H]3C[C@H]3N)cn2)c1.Cl. The molecular formula is C15H18ClN3O2S. The molecule has 2 atom stereocenters. The van der Waals surface area contributed by atoms with E-state index in [1.807, 2.05) is 24.4 Å². The molecule has 5 nitrogen and oxygen atoms in total. The molecule has 0 spiro atoms. The summed E-state index contributed by atoms with van der Waals surface area (Å²) in [5.74, 6) is 0.435. The van der Waals surface area contributed by atoms with E-state index in [0.29, 0.717) is 11.6 Å². The summed E-state index contributed by atoms with van der Waals surface area (Å²) in [7, 11) is -3.28. The molecule has 0 bridgehead atoms. The van der Waals surface area contributed by atoms with Crippen LogP contribution in [0.3, 0.4) is 0 Å². The largest absolute Gasteiger partial charge is 0.327 e. The van der Waals surface area contributed by atoms with Gasteiger partial charge in [-0.1, -0.05) is 18.2 Å². The Morgan fingerprint density at radius 2 is 2.00 bits per heavy atom. The van der Waals surface area contributed by atoms with E-state index < -0.39 is 10.0 Å². The van der Waals surface area contributed by atoms with Gasteiger partial charge in [0.1, 0.15) is 0 Å². The second kappa shape index (κ2) is 6.24. The van der Waals surface area contributed by atoms with E-state index in [0.717, 1.165) is 29.5 Å². The summed E-state index contributed by atoms with van der Waals surface area (Å²) in [5, 5.41) is 0. The van der Waals surface area contributed by atoms with E-state index in [-0.39, 0.29) is 18.4 Å². The van der Waals surface area contributed by atoms with Gasteiger partial charge in [0.25, 0.3) is 0 Å². The number of aromatic nitrogens is 1. The minimum absolute atomic E-state index is 0. The molecule has 0 radical (unpaired) electrons. The minimum Gasteiger partial charge on any atom is -0.327 e. The second-order valence-electron chi connectivity index (χ2n) is 5.44. The molecule has 1 saturated carbocycles. The highest BCUT2D eigenvalue weighted by Crippen LogP contribution is 2.38. The Morgan fingerprint density at radius 1 is 1.27 bits per heavy atom. The number of sulfonamides is 1. The Labute approximate surface area is 136 Å². The summed E-state index contributed by atoms with van der Waals surface area (Å²) < 4.78 is 25.0. The van der Waals surface area contributed by atoms with Crippen molar-refractivity contribution in [3.63, 3.8) is 0 Å². The van der Waals surface area contributed by atoms with Crippen molar-refractivity contribution in [1.82, 2.24) is 4.98 Å². The van der Waals surface area contributed by atoms with Crippen LogP contribution in [-0.4, -0.2) is 25.7 Å². The third-order valence-electron chi connectivity index (χ3n) is 3.52. The average molecular weight is 340 g/mol. The summed E-state index contributed by atoms with van der Waals surface area (Å²) >= 11 is 0. The number of benzene rings is 1. The van der Waals surface area contributed by atoms with Crippen LogP contribution in [0.25, 0.3) is 11.3 Å². The summed E-state index contributed by atoms with van der Waals surface area (Å²) in [6, 6.07) is 11.4. The van der Waals surface area contributed by atoms with Crippen molar-refractivity contribution >= 4 is 28.1 Å². The summed E-state index contributed by atoms with van der Waals surface area (Å²) in [6.07, 6.45) is 4.00. The highest BCUT2D eigenvalue weighted by atomic mass is 35.5. The van der Waals surface area contributed by atoms with Crippen molar-refractivity contribution in [2.24, 2.45) is 5.73 Å². The monoisotopic (exact) mass is 339 g/mol. The Bertz CT molecular complexity index is 763. The maximum atomic E-state index is 11.3. The van der Waals surface area contributed by atoms with Crippen LogP contribution in [0.4, 0.5) is 5.69 Å². The maximum Gasteiger partial charge on any atom is 0.229 e. The zero-order valence-corrected chi connectivity index (χ0v) is 13.7. The number of halogens is 1. The highest BCUT2D eigenvalue weighted by Gasteiger charge is 2.34. The lowest BCUT2D eigenvalue weighted by atomic mass is 10.1. The second-order valence-corrected chi connectivity index (χ2v) is 7.19. The molecule has 0 amide bonds. The van der Waals surface area contributed by atoms with Gasteiger partial charge in [0.2, 0.25) is 10.0 Å². The molecule has 1 aliphatic rings. The molecule has 7 heteroatoms. The van der Waals surface area contributed by atoms with Crippen LogP contribution in [0.1, 0.15) is 17.9 Å². The lowest BCUT2D eigenvalue weighted by Crippen LogP contribution is -2.09. The first kappa shape index (κ1) is 16.7. The zero-order chi connectivity index (χ0) is 15.0. The lowest BCUT2D eigenvalue weighted by molar-refractivity contribution is 0.607.